The highest BCUT2D eigenvalue weighted by atomic mass is 127. The first-order chi connectivity index (χ1) is 20.0. The van der Waals surface area contributed by atoms with Gasteiger partial charge in [0.1, 0.15) is 0 Å². The molecular weight excluding hydrogens is 627 g/mol. The van der Waals surface area contributed by atoms with Crippen LogP contribution in [0.3, 0.4) is 0 Å². The molecule has 42 heavy (non-hydrogen) atoms. The summed E-state index contributed by atoms with van der Waals surface area (Å²) in [6.45, 7) is 6.94. The van der Waals surface area contributed by atoms with E-state index in [0.717, 1.165) is 11.1 Å². The fourth-order valence-corrected chi connectivity index (χ4v) is 7.70. The minimum Gasteiger partial charge on any atom is -0.385 e. The molecule has 2 aliphatic carbocycles. The van der Waals surface area contributed by atoms with Gasteiger partial charge >= 0.3 is 0 Å². The molecule has 4 aromatic rings. The molecule has 0 radical (unpaired) electrons. The normalized spacial score (nSPS) is 29.8. The van der Waals surface area contributed by atoms with Crippen molar-refractivity contribution in [1.29, 1.82) is 0 Å². The molecule has 0 aromatic heterocycles. The molecule has 4 aromatic carbocycles. The lowest BCUT2D eigenvalue weighted by atomic mass is 9.60. The number of hydrogen-bond donors (Lipinski definition) is 2. The first kappa shape index (κ1) is 29.6. The van der Waals surface area contributed by atoms with E-state index in [1.54, 1.807) is 0 Å². The molecule has 0 spiro atoms. The summed E-state index contributed by atoms with van der Waals surface area (Å²) >= 11 is 2.39. The molecule has 0 aliphatic heterocycles. The number of benzene rings is 4. The molecule has 218 valence electrons. The highest BCUT2D eigenvalue weighted by molar-refractivity contribution is 14.1. The fraction of sp³-hybridized carbons (Fsp3) is 0.385. The molecule has 0 unspecified atom stereocenters. The Labute approximate surface area is 265 Å². The largest absolute Gasteiger partial charge is 0.385 e. The Balaban J connectivity index is 1.11. The summed E-state index contributed by atoms with van der Waals surface area (Å²) in [6.07, 6.45) is 7.01. The zero-order chi connectivity index (χ0) is 29.6. The van der Waals surface area contributed by atoms with Gasteiger partial charge in [-0.2, -0.15) is 0 Å². The first-order valence-electron chi connectivity index (χ1n) is 15.5. The second-order valence-corrected chi connectivity index (χ2v) is 15.0. The van der Waals surface area contributed by atoms with Crippen molar-refractivity contribution < 1.29 is 10.2 Å². The lowest BCUT2D eigenvalue weighted by Crippen LogP contribution is -2.39. The monoisotopic (exact) mass is 670 g/mol. The standard InChI is InChI=1S/C39H43IO2/c1-28-4-10-33(11-5-28)38(41)24-26-39(42,27-25-38)34-14-8-30(9-15-34)29-6-12-31(13-7-29)36(2)20-22-37(3,23-21-36)32-16-18-35(40)19-17-32/h4-19,41-42H,20-27H2,1-3H3. The number of aliphatic hydroxyl groups is 2. The summed E-state index contributed by atoms with van der Waals surface area (Å²) in [4.78, 5) is 0. The molecule has 2 aliphatic rings. The third-order valence-corrected chi connectivity index (χ3v) is 11.5. The van der Waals surface area contributed by atoms with E-state index in [2.05, 4.69) is 128 Å². The highest BCUT2D eigenvalue weighted by Crippen LogP contribution is 2.49. The quantitative estimate of drug-likeness (QED) is 0.208. The number of hydrogen-bond acceptors (Lipinski definition) is 2. The predicted octanol–water partition coefficient (Wildman–Crippen LogP) is 9.71. The van der Waals surface area contributed by atoms with Gasteiger partial charge < -0.3 is 10.2 Å². The smallest absolute Gasteiger partial charge is 0.0899 e. The summed E-state index contributed by atoms with van der Waals surface area (Å²) in [7, 11) is 0. The zero-order valence-electron chi connectivity index (χ0n) is 25.2. The molecule has 0 atom stereocenters. The van der Waals surface area contributed by atoms with Crippen molar-refractivity contribution in [2.24, 2.45) is 0 Å². The maximum absolute atomic E-state index is 11.5. The number of aryl methyl sites for hydroxylation is 1. The zero-order valence-corrected chi connectivity index (χ0v) is 27.3. The Kier molecular flexibility index (Phi) is 7.91. The number of halogens is 1. The van der Waals surface area contributed by atoms with Crippen LogP contribution in [0.2, 0.25) is 0 Å². The third-order valence-electron chi connectivity index (χ3n) is 10.8. The molecule has 2 saturated carbocycles. The van der Waals surface area contributed by atoms with Gasteiger partial charge in [0.25, 0.3) is 0 Å². The summed E-state index contributed by atoms with van der Waals surface area (Å²) < 4.78 is 1.30. The van der Waals surface area contributed by atoms with Crippen LogP contribution in [0.4, 0.5) is 0 Å². The molecule has 2 nitrogen and oxygen atoms in total. The second-order valence-electron chi connectivity index (χ2n) is 13.7. The van der Waals surface area contributed by atoms with Crippen molar-refractivity contribution in [1.82, 2.24) is 0 Å². The lowest BCUT2D eigenvalue weighted by molar-refractivity contribution is -0.0883. The predicted molar refractivity (Wildman–Crippen MR) is 182 cm³/mol. The Morgan fingerprint density at radius 3 is 1.14 bits per heavy atom. The summed E-state index contributed by atoms with van der Waals surface area (Å²) in [5.74, 6) is 0. The minimum absolute atomic E-state index is 0.204. The third kappa shape index (κ3) is 5.73. The van der Waals surface area contributed by atoms with Gasteiger partial charge in [-0.05, 0) is 137 Å². The van der Waals surface area contributed by atoms with E-state index in [0.29, 0.717) is 25.7 Å². The van der Waals surface area contributed by atoms with Gasteiger partial charge in [-0.15, -0.1) is 0 Å². The Morgan fingerprint density at radius 2 is 0.762 bits per heavy atom. The van der Waals surface area contributed by atoms with Gasteiger partial charge in [0.2, 0.25) is 0 Å². The Morgan fingerprint density at radius 1 is 0.452 bits per heavy atom. The number of rotatable bonds is 5. The average Bonchev–Trinajstić information content (AvgIpc) is 3.01. The summed E-state index contributed by atoms with van der Waals surface area (Å²) in [5.41, 5.74) is 7.07. The van der Waals surface area contributed by atoms with Crippen molar-refractivity contribution in [2.75, 3.05) is 0 Å². The molecule has 0 bridgehead atoms. The molecular formula is C39H43IO2. The van der Waals surface area contributed by atoms with E-state index >= 15 is 0 Å². The van der Waals surface area contributed by atoms with Gasteiger partial charge in [0.15, 0.2) is 0 Å². The van der Waals surface area contributed by atoms with Crippen LogP contribution in [0.15, 0.2) is 97.1 Å². The van der Waals surface area contributed by atoms with Crippen molar-refractivity contribution in [3.63, 3.8) is 0 Å². The van der Waals surface area contributed by atoms with Crippen molar-refractivity contribution in [3.05, 3.63) is 128 Å². The van der Waals surface area contributed by atoms with E-state index in [1.165, 1.54) is 57.1 Å². The summed E-state index contributed by atoms with van der Waals surface area (Å²) in [5, 5.41) is 22.9. The van der Waals surface area contributed by atoms with Crippen molar-refractivity contribution in [2.45, 2.75) is 94.2 Å². The van der Waals surface area contributed by atoms with Crippen LogP contribution < -0.4 is 0 Å². The van der Waals surface area contributed by atoms with E-state index in [-0.39, 0.29) is 10.8 Å². The molecule has 0 saturated heterocycles. The van der Waals surface area contributed by atoms with Crippen LogP contribution in [0, 0.1) is 10.5 Å². The topological polar surface area (TPSA) is 40.5 Å². The van der Waals surface area contributed by atoms with Crippen LogP contribution in [0.25, 0.3) is 11.1 Å². The van der Waals surface area contributed by atoms with Crippen LogP contribution in [-0.2, 0) is 22.0 Å². The fourth-order valence-electron chi connectivity index (χ4n) is 7.34. The van der Waals surface area contributed by atoms with E-state index in [9.17, 15) is 10.2 Å². The van der Waals surface area contributed by atoms with Gasteiger partial charge in [0.05, 0.1) is 11.2 Å². The Bertz CT molecular complexity index is 1380. The van der Waals surface area contributed by atoms with Crippen LogP contribution in [0.5, 0.6) is 0 Å². The molecule has 6 rings (SSSR count). The van der Waals surface area contributed by atoms with Crippen LogP contribution in [-0.4, -0.2) is 10.2 Å². The molecule has 2 fully saturated rings. The lowest BCUT2D eigenvalue weighted by Gasteiger charge is -2.44. The van der Waals surface area contributed by atoms with Crippen LogP contribution >= 0.6 is 22.6 Å². The van der Waals surface area contributed by atoms with Gasteiger partial charge in [-0.25, -0.2) is 0 Å². The van der Waals surface area contributed by atoms with E-state index in [4.69, 9.17) is 0 Å². The molecule has 3 heteroatoms. The van der Waals surface area contributed by atoms with Crippen molar-refractivity contribution >= 4 is 22.6 Å². The second kappa shape index (κ2) is 11.2. The van der Waals surface area contributed by atoms with E-state index in [1.807, 2.05) is 12.1 Å². The van der Waals surface area contributed by atoms with Crippen molar-refractivity contribution in [3.8, 4) is 11.1 Å². The average molecular weight is 671 g/mol. The van der Waals surface area contributed by atoms with Gasteiger partial charge in [0, 0.05) is 3.57 Å². The SMILES string of the molecule is Cc1ccc(C2(O)CCC(O)(c3ccc(-c4ccc(C5(C)CCC(C)(c6ccc(I)cc6)CC5)cc4)cc3)CC2)cc1. The first-order valence-corrected chi connectivity index (χ1v) is 16.6. The summed E-state index contributed by atoms with van der Waals surface area (Å²) in [6, 6.07) is 34.9. The maximum atomic E-state index is 11.5. The Hall–Kier alpha value is -2.47. The highest BCUT2D eigenvalue weighted by Gasteiger charge is 2.43. The van der Waals surface area contributed by atoms with Gasteiger partial charge in [-0.3, -0.25) is 0 Å². The molecule has 0 amide bonds. The minimum atomic E-state index is -0.901. The maximum Gasteiger partial charge on any atom is 0.0899 e. The molecule has 0 heterocycles. The van der Waals surface area contributed by atoms with Gasteiger partial charge in [-0.1, -0.05) is 104 Å². The molecule has 2 N–H and O–H groups in total. The van der Waals surface area contributed by atoms with Crippen LogP contribution in [0.1, 0.15) is 93.0 Å². The van der Waals surface area contributed by atoms with E-state index < -0.39 is 11.2 Å².